The van der Waals surface area contributed by atoms with Gasteiger partial charge in [0.2, 0.25) is 0 Å². The van der Waals surface area contributed by atoms with Crippen molar-refractivity contribution >= 4 is 22.8 Å². The molecule has 2 aliphatic rings. The number of allylic oxidation sites excluding steroid dienone is 1. The van der Waals surface area contributed by atoms with E-state index in [0.29, 0.717) is 6.42 Å². The normalized spacial score (nSPS) is 19.5. The average Bonchev–Trinajstić information content (AvgIpc) is 3.01. The zero-order chi connectivity index (χ0) is 22.9. The molecule has 1 aliphatic heterocycles. The second kappa shape index (κ2) is 8.66. The fourth-order valence-corrected chi connectivity index (χ4v) is 4.84. The smallest absolute Gasteiger partial charge is 0.163 e. The van der Waals surface area contributed by atoms with E-state index < -0.39 is 0 Å². The minimum atomic E-state index is -0.240. The van der Waals surface area contributed by atoms with Crippen molar-refractivity contribution in [3.63, 3.8) is 0 Å². The second-order valence-electron chi connectivity index (χ2n) is 8.93. The number of methoxy groups -OCH3 is 1. The van der Waals surface area contributed by atoms with Gasteiger partial charge in [-0.05, 0) is 59.9 Å². The number of nitrogens with one attached hydrogen (secondary N) is 2. The van der Waals surface area contributed by atoms with Crippen LogP contribution in [0, 0.1) is 0 Å². The predicted molar refractivity (Wildman–Crippen MR) is 134 cm³/mol. The zero-order valence-electron chi connectivity index (χ0n) is 19.3. The van der Waals surface area contributed by atoms with Gasteiger partial charge in [0.25, 0.3) is 0 Å². The van der Waals surface area contributed by atoms with Crippen molar-refractivity contribution in [2.45, 2.75) is 24.8 Å². The quantitative estimate of drug-likeness (QED) is 0.543. The summed E-state index contributed by atoms with van der Waals surface area (Å²) in [4.78, 5) is 15.7. The van der Waals surface area contributed by atoms with E-state index >= 15 is 0 Å². The van der Waals surface area contributed by atoms with E-state index in [4.69, 9.17) is 4.74 Å². The highest BCUT2D eigenvalue weighted by atomic mass is 16.5. The Balaban J connectivity index is 1.56. The maximum Gasteiger partial charge on any atom is 0.163 e. The average molecular weight is 440 g/mol. The van der Waals surface area contributed by atoms with E-state index in [2.05, 4.69) is 58.0 Å². The standard InChI is InChI=1S/C28H29N3O2/c1-31(2)21-13-11-18(12-14-21)20-16-25-27(26(32)17-20)28(19-7-6-8-22(15-19)33-3)30-24-10-5-4-9-23(24)29-25/h4-15,20,28-30H,16-17H2,1-3H3. The van der Waals surface area contributed by atoms with E-state index in [0.717, 1.165) is 46.1 Å². The Morgan fingerprint density at radius 1 is 0.879 bits per heavy atom. The third-order valence-corrected chi connectivity index (χ3v) is 6.62. The topological polar surface area (TPSA) is 53.6 Å². The Kier molecular flexibility index (Phi) is 5.55. The highest BCUT2D eigenvalue weighted by Gasteiger charge is 2.36. The molecule has 1 heterocycles. The van der Waals surface area contributed by atoms with Crippen LogP contribution in [0.1, 0.15) is 35.9 Å². The first-order valence-corrected chi connectivity index (χ1v) is 11.3. The van der Waals surface area contributed by atoms with Crippen LogP contribution in [0.25, 0.3) is 0 Å². The van der Waals surface area contributed by atoms with Gasteiger partial charge in [-0.2, -0.15) is 0 Å². The number of rotatable bonds is 4. The number of para-hydroxylation sites is 2. The van der Waals surface area contributed by atoms with Gasteiger partial charge in [-0.3, -0.25) is 4.79 Å². The predicted octanol–water partition coefficient (Wildman–Crippen LogP) is 5.74. The molecule has 0 radical (unpaired) electrons. The molecule has 0 aromatic heterocycles. The van der Waals surface area contributed by atoms with Crippen LogP contribution in [0.3, 0.4) is 0 Å². The van der Waals surface area contributed by atoms with Crippen LogP contribution in [0.4, 0.5) is 17.1 Å². The van der Waals surface area contributed by atoms with E-state index in [1.54, 1.807) is 7.11 Å². The number of ketones is 1. The SMILES string of the molecule is COc1cccc(C2Nc3ccccc3NC3=C2C(=O)CC(c2ccc(N(C)C)cc2)C3)c1. The summed E-state index contributed by atoms with van der Waals surface area (Å²) in [6.45, 7) is 0. The van der Waals surface area contributed by atoms with Gasteiger partial charge < -0.3 is 20.3 Å². The number of hydrogen-bond donors (Lipinski definition) is 2. The number of Topliss-reactive ketones (excluding diaryl/α,β-unsaturated/α-hetero) is 1. The molecule has 5 heteroatoms. The summed E-state index contributed by atoms with van der Waals surface area (Å²) in [7, 11) is 5.74. The molecule has 5 rings (SSSR count). The summed E-state index contributed by atoms with van der Waals surface area (Å²) in [5.41, 5.74) is 7.17. The summed E-state index contributed by atoms with van der Waals surface area (Å²) >= 11 is 0. The third kappa shape index (κ3) is 4.07. The molecular weight excluding hydrogens is 410 g/mol. The van der Waals surface area contributed by atoms with Gasteiger partial charge in [-0.15, -0.1) is 0 Å². The number of hydrogen-bond acceptors (Lipinski definition) is 5. The molecule has 3 aromatic carbocycles. The van der Waals surface area contributed by atoms with Crippen molar-refractivity contribution in [3.8, 4) is 5.75 Å². The number of carbonyl (C=O) groups excluding carboxylic acids is 1. The van der Waals surface area contributed by atoms with Crippen molar-refractivity contribution in [3.05, 3.63) is 95.2 Å². The zero-order valence-corrected chi connectivity index (χ0v) is 19.3. The lowest BCUT2D eigenvalue weighted by molar-refractivity contribution is -0.116. The Bertz CT molecular complexity index is 1210. The van der Waals surface area contributed by atoms with Gasteiger partial charge in [-0.25, -0.2) is 0 Å². The number of nitrogens with zero attached hydrogens (tertiary/aromatic N) is 1. The molecular formula is C28H29N3O2. The number of benzene rings is 3. The van der Waals surface area contributed by atoms with Gasteiger partial charge in [0.05, 0.1) is 24.5 Å². The van der Waals surface area contributed by atoms with Gasteiger partial charge in [0.15, 0.2) is 5.78 Å². The molecule has 0 fully saturated rings. The molecule has 168 valence electrons. The fraction of sp³-hybridized carbons (Fsp3) is 0.250. The van der Waals surface area contributed by atoms with Crippen molar-refractivity contribution in [2.24, 2.45) is 0 Å². The van der Waals surface area contributed by atoms with E-state index in [9.17, 15) is 4.79 Å². The molecule has 33 heavy (non-hydrogen) atoms. The lowest BCUT2D eigenvalue weighted by atomic mass is 9.78. The van der Waals surface area contributed by atoms with Crippen LogP contribution < -0.4 is 20.3 Å². The van der Waals surface area contributed by atoms with Crippen LogP contribution >= 0.6 is 0 Å². The highest BCUT2D eigenvalue weighted by Crippen LogP contribution is 2.44. The molecule has 2 unspecified atom stereocenters. The van der Waals surface area contributed by atoms with Crippen LogP contribution in [-0.4, -0.2) is 27.0 Å². The van der Waals surface area contributed by atoms with Crippen LogP contribution in [0.2, 0.25) is 0 Å². The lowest BCUT2D eigenvalue weighted by Crippen LogP contribution is -2.26. The third-order valence-electron chi connectivity index (χ3n) is 6.62. The first-order valence-electron chi connectivity index (χ1n) is 11.3. The maximum atomic E-state index is 13.7. The number of anilines is 3. The molecule has 2 atom stereocenters. The Hall–Kier alpha value is -3.73. The van der Waals surface area contributed by atoms with Gasteiger partial charge in [0, 0.05) is 37.5 Å². The number of ether oxygens (including phenoxy) is 1. The first-order chi connectivity index (χ1) is 16.0. The maximum absolute atomic E-state index is 13.7. The molecule has 0 saturated carbocycles. The molecule has 1 aliphatic carbocycles. The van der Waals surface area contributed by atoms with E-state index in [1.165, 1.54) is 5.56 Å². The van der Waals surface area contributed by atoms with Gasteiger partial charge in [0.1, 0.15) is 5.75 Å². The van der Waals surface area contributed by atoms with Crippen LogP contribution in [-0.2, 0) is 4.79 Å². The van der Waals surface area contributed by atoms with Crippen molar-refractivity contribution in [1.82, 2.24) is 0 Å². The molecule has 0 spiro atoms. The second-order valence-corrected chi connectivity index (χ2v) is 8.93. The Morgan fingerprint density at radius 2 is 1.64 bits per heavy atom. The number of fused-ring (bicyclic) bond motifs is 1. The lowest BCUT2D eigenvalue weighted by Gasteiger charge is -2.30. The minimum Gasteiger partial charge on any atom is -0.497 e. The highest BCUT2D eigenvalue weighted by molar-refractivity contribution is 6.01. The fourth-order valence-electron chi connectivity index (χ4n) is 4.84. The Labute approximate surface area is 195 Å². The molecule has 5 nitrogen and oxygen atoms in total. The molecule has 2 N–H and O–H groups in total. The van der Waals surface area contributed by atoms with Crippen molar-refractivity contribution in [1.29, 1.82) is 0 Å². The summed E-state index contributed by atoms with van der Waals surface area (Å²) in [5, 5.41) is 7.24. The minimum absolute atomic E-state index is 0.149. The summed E-state index contributed by atoms with van der Waals surface area (Å²) < 4.78 is 5.46. The largest absolute Gasteiger partial charge is 0.497 e. The Morgan fingerprint density at radius 3 is 2.36 bits per heavy atom. The molecule has 0 saturated heterocycles. The molecule has 0 amide bonds. The summed E-state index contributed by atoms with van der Waals surface area (Å²) in [6.07, 6.45) is 1.29. The molecule has 0 bridgehead atoms. The van der Waals surface area contributed by atoms with E-state index in [-0.39, 0.29) is 17.7 Å². The van der Waals surface area contributed by atoms with E-state index in [1.807, 2.05) is 44.4 Å². The molecule has 3 aromatic rings. The summed E-state index contributed by atoms with van der Waals surface area (Å²) in [5.74, 6) is 1.11. The first kappa shape index (κ1) is 21.1. The van der Waals surface area contributed by atoms with Gasteiger partial charge >= 0.3 is 0 Å². The van der Waals surface area contributed by atoms with Crippen molar-refractivity contribution in [2.75, 3.05) is 36.7 Å². The van der Waals surface area contributed by atoms with Crippen LogP contribution in [0.5, 0.6) is 5.75 Å². The van der Waals surface area contributed by atoms with Crippen LogP contribution in [0.15, 0.2) is 84.1 Å². The van der Waals surface area contributed by atoms with Gasteiger partial charge in [-0.1, -0.05) is 36.4 Å². The monoisotopic (exact) mass is 439 g/mol. The number of carbonyl (C=O) groups is 1. The summed E-state index contributed by atoms with van der Waals surface area (Å²) in [6, 6.07) is 24.4. The van der Waals surface area contributed by atoms with Crippen molar-refractivity contribution < 1.29 is 9.53 Å².